The Kier molecular flexibility index (Phi) is 6.40. The first-order chi connectivity index (χ1) is 26.0. The van der Waals surface area contributed by atoms with Crippen LogP contribution < -0.4 is 0 Å². The van der Waals surface area contributed by atoms with E-state index in [1.165, 1.54) is 109 Å². The molecule has 0 amide bonds. The molecule has 0 heterocycles. The van der Waals surface area contributed by atoms with Crippen molar-refractivity contribution in [1.29, 1.82) is 0 Å². The normalized spacial score (nSPS) is 13.2. The maximum atomic E-state index is 2.45. The van der Waals surface area contributed by atoms with Gasteiger partial charge in [-0.3, -0.25) is 0 Å². The van der Waals surface area contributed by atoms with Gasteiger partial charge >= 0.3 is 0 Å². The first-order valence-electron chi connectivity index (χ1n) is 18.7. The van der Waals surface area contributed by atoms with Crippen LogP contribution in [0.5, 0.6) is 0 Å². The molecule has 0 atom stereocenters. The van der Waals surface area contributed by atoms with Gasteiger partial charge in [0.15, 0.2) is 0 Å². The van der Waals surface area contributed by atoms with Gasteiger partial charge in [-0.05, 0) is 140 Å². The van der Waals surface area contributed by atoms with Gasteiger partial charge < -0.3 is 0 Å². The number of hydrogen-bond donors (Lipinski definition) is 0. The Hall–Kier alpha value is -6.50. The van der Waals surface area contributed by atoms with Crippen LogP contribution >= 0.6 is 0 Å². The Bertz CT molecular complexity index is 3080. The summed E-state index contributed by atoms with van der Waals surface area (Å²) in [6.45, 7) is 4.76. The molecule has 0 unspecified atom stereocenters. The molecule has 0 aromatic heterocycles. The SMILES string of the molecule is CC1(C)c2cc(-c3cccc(-c4c5ccccc5c(-c5cc6ccccc6c6ccccc56)c5ccccc45)c3)ccc2-c2cc3ccccc3cc21. The molecule has 0 nitrogen and oxygen atoms in total. The zero-order valence-electron chi connectivity index (χ0n) is 29.8. The first kappa shape index (κ1) is 30.2. The van der Waals surface area contributed by atoms with Crippen molar-refractivity contribution in [3.05, 3.63) is 193 Å². The fourth-order valence-electron chi connectivity index (χ4n) is 9.45. The van der Waals surface area contributed by atoms with Gasteiger partial charge in [0.2, 0.25) is 0 Å². The summed E-state index contributed by atoms with van der Waals surface area (Å²) in [7, 11) is 0. The van der Waals surface area contributed by atoms with E-state index in [9.17, 15) is 0 Å². The summed E-state index contributed by atoms with van der Waals surface area (Å²) >= 11 is 0. The Morgan fingerprint density at radius 1 is 0.283 bits per heavy atom. The van der Waals surface area contributed by atoms with E-state index in [1.54, 1.807) is 0 Å². The Labute approximate surface area is 309 Å². The van der Waals surface area contributed by atoms with Crippen molar-refractivity contribution in [2.45, 2.75) is 19.3 Å². The summed E-state index contributed by atoms with van der Waals surface area (Å²) in [6, 6.07) is 68.0. The van der Waals surface area contributed by atoms with E-state index in [4.69, 9.17) is 0 Å². The predicted octanol–water partition coefficient (Wildman–Crippen LogP) is 14.8. The maximum absolute atomic E-state index is 2.45. The molecule has 0 heteroatoms. The summed E-state index contributed by atoms with van der Waals surface area (Å²) in [5.74, 6) is 0. The minimum Gasteiger partial charge on any atom is -0.0616 e. The van der Waals surface area contributed by atoms with E-state index in [1.807, 2.05) is 0 Å². The second kappa shape index (κ2) is 11.2. The van der Waals surface area contributed by atoms with E-state index >= 15 is 0 Å². The molecule has 0 spiro atoms. The fourth-order valence-corrected chi connectivity index (χ4v) is 9.45. The molecule has 10 aromatic carbocycles. The monoisotopic (exact) mass is 672 g/mol. The summed E-state index contributed by atoms with van der Waals surface area (Å²) in [4.78, 5) is 0. The van der Waals surface area contributed by atoms with E-state index in [2.05, 4.69) is 196 Å². The molecule has 10 aromatic rings. The summed E-state index contributed by atoms with van der Waals surface area (Å²) < 4.78 is 0. The predicted molar refractivity (Wildman–Crippen MR) is 228 cm³/mol. The summed E-state index contributed by atoms with van der Waals surface area (Å²) in [5.41, 5.74) is 13.0. The van der Waals surface area contributed by atoms with Crippen molar-refractivity contribution in [3.8, 4) is 44.5 Å². The third kappa shape index (κ3) is 4.42. The molecule has 1 aliphatic carbocycles. The van der Waals surface area contributed by atoms with Gasteiger partial charge in [0, 0.05) is 5.41 Å². The molecule has 11 rings (SSSR count). The zero-order valence-corrected chi connectivity index (χ0v) is 29.8. The quantitative estimate of drug-likeness (QED) is 0.129. The van der Waals surface area contributed by atoms with Gasteiger partial charge in [-0.15, -0.1) is 0 Å². The van der Waals surface area contributed by atoms with Gasteiger partial charge in [0.05, 0.1) is 0 Å². The minimum atomic E-state index is -0.0858. The third-order valence-electron chi connectivity index (χ3n) is 12.0. The molecular formula is C53H36. The van der Waals surface area contributed by atoms with Crippen LogP contribution in [0.25, 0.3) is 98.4 Å². The van der Waals surface area contributed by atoms with Gasteiger partial charge in [-0.1, -0.05) is 166 Å². The second-order valence-electron chi connectivity index (χ2n) is 15.2. The van der Waals surface area contributed by atoms with Crippen molar-refractivity contribution in [2.75, 3.05) is 0 Å². The first-order valence-corrected chi connectivity index (χ1v) is 18.7. The zero-order chi connectivity index (χ0) is 35.3. The van der Waals surface area contributed by atoms with Gasteiger partial charge in [0.25, 0.3) is 0 Å². The van der Waals surface area contributed by atoms with E-state index in [0.29, 0.717) is 0 Å². The number of fused-ring (bicyclic) bond motifs is 9. The Morgan fingerprint density at radius 2 is 0.774 bits per heavy atom. The lowest BCUT2D eigenvalue weighted by Gasteiger charge is -2.22. The van der Waals surface area contributed by atoms with E-state index in [-0.39, 0.29) is 5.41 Å². The van der Waals surface area contributed by atoms with Crippen LogP contribution in [0.1, 0.15) is 25.0 Å². The highest BCUT2D eigenvalue weighted by molar-refractivity contribution is 6.25. The lowest BCUT2D eigenvalue weighted by atomic mass is 9.81. The molecule has 0 bridgehead atoms. The van der Waals surface area contributed by atoms with Crippen molar-refractivity contribution in [1.82, 2.24) is 0 Å². The van der Waals surface area contributed by atoms with Crippen molar-refractivity contribution >= 4 is 53.9 Å². The lowest BCUT2D eigenvalue weighted by molar-refractivity contribution is 0.661. The average molecular weight is 673 g/mol. The van der Waals surface area contributed by atoms with E-state index in [0.717, 1.165) is 0 Å². The van der Waals surface area contributed by atoms with Gasteiger partial charge in [-0.25, -0.2) is 0 Å². The van der Waals surface area contributed by atoms with Gasteiger partial charge in [-0.2, -0.15) is 0 Å². The van der Waals surface area contributed by atoms with Crippen LogP contribution in [0, 0.1) is 0 Å². The van der Waals surface area contributed by atoms with Crippen molar-refractivity contribution in [2.24, 2.45) is 0 Å². The molecular weight excluding hydrogens is 637 g/mol. The molecule has 0 N–H and O–H groups in total. The number of rotatable bonds is 3. The fraction of sp³-hybridized carbons (Fsp3) is 0.0566. The molecule has 1 aliphatic rings. The van der Waals surface area contributed by atoms with Crippen LogP contribution in [0.2, 0.25) is 0 Å². The maximum Gasteiger partial charge on any atom is 0.0159 e. The molecule has 0 radical (unpaired) electrons. The highest BCUT2D eigenvalue weighted by Gasteiger charge is 2.36. The molecule has 0 fully saturated rings. The van der Waals surface area contributed by atoms with Crippen LogP contribution in [0.4, 0.5) is 0 Å². The number of benzene rings is 10. The molecule has 0 aliphatic heterocycles. The standard InChI is InChI=1S/C53H36/c1-53(2)49-32-36(26-27-42(49)47-29-34-14-3-4-15-35(34)31-50(47)53)33-17-13-18-38(28-33)51-43-22-9-11-24-45(43)52(46-25-12-10-23-44(46)51)48-30-37-16-5-6-19-39(37)40-20-7-8-21-41(40)48/h3-32H,1-2H3. The minimum absolute atomic E-state index is 0.0858. The lowest BCUT2D eigenvalue weighted by Crippen LogP contribution is -2.15. The molecule has 248 valence electrons. The van der Waals surface area contributed by atoms with Crippen LogP contribution in [0.3, 0.4) is 0 Å². The summed E-state index contributed by atoms with van der Waals surface area (Å²) in [6.07, 6.45) is 0. The largest absolute Gasteiger partial charge is 0.0616 e. The molecule has 53 heavy (non-hydrogen) atoms. The Balaban J connectivity index is 1.11. The number of hydrogen-bond acceptors (Lipinski definition) is 0. The molecule has 0 saturated heterocycles. The smallest absolute Gasteiger partial charge is 0.0159 e. The summed E-state index contributed by atoms with van der Waals surface area (Å²) in [5, 5.41) is 12.8. The van der Waals surface area contributed by atoms with Crippen molar-refractivity contribution < 1.29 is 0 Å². The van der Waals surface area contributed by atoms with Gasteiger partial charge in [0.1, 0.15) is 0 Å². The van der Waals surface area contributed by atoms with Crippen LogP contribution in [-0.2, 0) is 5.41 Å². The third-order valence-corrected chi connectivity index (χ3v) is 12.0. The Morgan fingerprint density at radius 3 is 1.47 bits per heavy atom. The second-order valence-corrected chi connectivity index (χ2v) is 15.2. The molecule has 0 saturated carbocycles. The average Bonchev–Trinajstić information content (AvgIpc) is 3.43. The van der Waals surface area contributed by atoms with Crippen LogP contribution in [-0.4, -0.2) is 0 Å². The van der Waals surface area contributed by atoms with Crippen molar-refractivity contribution in [3.63, 3.8) is 0 Å². The van der Waals surface area contributed by atoms with Crippen LogP contribution in [0.15, 0.2) is 182 Å². The highest BCUT2D eigenvalue weighted by Crippen LogP contribution is 2.51. The highest BCUT2D eigenvalue weighted by atomic mass is 14.4. The van der Waals surface area contributed by atoms with E-state index < -0.39 is 0 Å². The topological polar surface area (TPSA) is 0 Å².